The fourth-order valence-corrected chi connectivity index (χ4v) is 5.37. The normalized spacial score (nSPS) is 15.7. The van der Waals surface area contributed by atoms with Crippen LogP contribution in [0.15, 0.2) is 48.7 Å². The Hall–Kier alpha value is -3.83. The van der Waals surface area contributed by atoms with Gasteiger partial charge in [-0.25, -0.2) is 23.2 Å². The van der Waals surface area contributed by atoms with Crippen LogP contribution in [0.25, 0.3) is 10.9 Å². The Morgan fingerprint density at radius 3 is 2.44 bits per heavy atom. The summed E-state index contributed by atoms with van der Waals surface area (Å²) in [6, 6.07) is 10.7. The van der Waals surface area contributed by atoms with Crippen LogP contribution < -0.4 is 10.5 Å². The predicted octanol–water partition coefficient (Wildman–Crippen LogP) is 3.97. The number of pyridine rings is 1. The van der Waals surface area contributed by atoms with Gasteiger partial charge in [-0.15, -0.1) is 5.10 Å². The number of urea groups is 1. The van der Waals surface area contributed by atoms with Crippen LogP contribution in [0.4, 0.5) is 13.6 Å². The number of halogens is 3. The monoisotopic (exact) mass is 556 g/mol. The topological polar surface area (TPSA) is 119 Å². The molecule has 39 heavy (non-hydrogen) atoms. The molecule has 0 saturated carbocycles. The molecule has 0 radical (unpaired) electrons. The molecule has 0 bridgehead atoms. The highest BCUT2D eigenvalue weighted by Gasteiger charge is 2.49. The average Bonchev–Trinajstić information content (AvgIpc) is 3.30. The number of carbonyl (C=O) groups is 1. The second-order valence-corrected chi connectivity index (χ2v) is 10.2. The number of nitrogens with zero attached hydrogens (tertiary/aromatic N) is 5. The van der Waals surface area contributed by atoms with E-state index in [-0.39, 0.29) is 31.0 Å². The molecule has 2 amide bonds. The number of methoxy groups -OCH3 is 1. The number of alkyl halides is 2. The molecular weight excluding hydrogens is 530 g/mol. The van der Waals surface area contributed by atoms with E-state index in [1.165, 1.54) is 35.0 Å². The van der Waals surface area contributed by atoms with Crippen molar-refractivity contribution in [3.63, 3.8) is 0 Å². The largest absolute Gasteiger partial charge is 0.481 e. The van der Waals surface area contributed by atoms with E-state index >= 15 is 0 Å². The summed E-state index contributed by atoms with van der Waals surface area (Å²) in [4.78, 5) is 17.7. The van der Waals surface area contributed by atoms with E-state index in [0.29, 0.717) is 38.6 Å². The fourth-order valence-electron chi connectivity index (χ4n) is 5.07. The lowest BCUT2D eigenvalue weighted by Gasteiger charge is -2.47. The van der Waals surface area contributed by atoms with Crippen LogP contribution in [-0.2, 0) is 25.0 Å². The van der Waals surface area contributed by atoms with Gasteiger partial charge in [0.15, 0.2) is 0 Å². The summed E-state index contributed by atoms with van der Waals surface area (Å²) in [5.41, 5.74) is 6.62. The first-order valence-electron chi connectivity index (χ1n) is 12.2. The van der Waals surface area contributed by atoms with Crippen LogP contribution in [0.1, 0.15) is 34.9 Å². The number of amides is 2. The number of primary amides is 1. The Labute approximate surface area is 228 Å². The molecule has 1 aliphatic rings. The average molecular weight is 557 g/mol. The number of fused-ring (bicyclic) bond motifs is 1. The highest BCUT2D eigenvalue weighted by atomic mass is 35.5. The van der Waals surface area contributed by atoms with Crippen molar-refractivity contribution >= 4 is 28.5 Å². The summed E-state index contributed by atoms with van der Waals surface area (Å²) in [5, 5.41) is 21.0. The molecule has 5 rings (SSSR count). The highest BCUT2D eigenvalue weighted by Crippen LogP contribution is 2.43. The molecule has 3 heterocycles. The van der Waals surface area contributed by atoms with Gasteiger partial charge in [-0.05, 0) is 23.3 Å². The third-order valence-electron chi connectivity index (χ3n) is 7.34. The van der Waals surface area contributed by atoms with Gasteiger partial charge in [-0.2, -0.15) is 0 Å². The van der Waals surface area contributed by atoms with Crippen molar-refractivity contribution in [1.82, 2.24) is 24.9 Å². The lowest BCUT2D eigenvalue weighted by Crippen LogP contribution is -2.60. The van der Waals surface area contributed by atoms with E-state index in [0.717, 1.165) is 12.5 Å². The smallest absolute Gasteiger partial charge is 0.314 e. The lowest BCUT2D eigenvalue weighted by molar-refractivity contribution is -0.0516. The summed E-state index contributed by atoms with van der Waals surface area (Å²) in [5.74, 6) is -3.00. The van der Waals surface area contributed by atoms with Gasteiger partial charge in [0.1, 0.15) is 5.60 Å². The van der Waals surface area contributed by atoms with Crippen molar-refractivity contribution in [2.45, 2.75) is 24.9 Å². The zero-order chi connectivity index (χ0) is 28.1. The fraction of sp³-hybridized carbons (Fsp3) is 0.333. The summed E-state index contributed by atoms with van der Waals surface area (Å²) >= 11 is 6.93. The minimum absolute atomic E-state index is 0.0829. The number of hydrogen-bond acceptors (Lipinski definition) is 6. The van der Waals surface area contributed by atoms with Crippen LogP contribution >= 0.6 is 11.6 Å². The molecule has 0 spiro atoms. The van der Waals surface area contributed by atoms with Gasteiger partial charge in [-0.1, -0.05) is 47.1 Å². The zero-order valence-electron chi connectivity index (χ0n) is 21.5. The Kier molecular flexibility index (Phi) is 6.68. The number of carbonyl (C=O) groups excluding carboxylic acids is 1. The van der Waals surface area contributed by atoms with Gasteiger partial charge >= 0.3 is 6.03 Å². The summed E-state index contributed by atoms with van der Waals surface area (Å²) in [6.07, 6.45) is 1.77. The second-order valence-electron chi connectivity index (χ2n) is 9.86. The maximum absolute atomic E-state index is 13.7. The van der Waals surface area contributed by atoms with Crippen molar-refractivity contribution in [3.05, 3.63) is 81.6 Å². The minimum atomic E-state index is -2.94. The molecule has 1 unspecified atom stereocenters. The molecule has 1 fully saturated rings. The van der Waals surface area contributed by atoms with Gasteiger partial charge in [-0.3, -0.25) is 0 Å². The number of benzene rings is 2. The van der Waals surface area contributed by atoms with E-state index in [2.05, 4.69) is 15.3 Å². The summed E-state index contributed by atoms with van der Waals surface area (Å²) in [6.45, 7) is 1.36. The maximum atomic E-state index is 13.7. The molecule has 4 aromatic rings. The molecular formula is C27H27ClF2N6O3. The van der Waals surface area contributed by atoms with Crippen LogP contribution in [0.3, 0.4) is 0 Å². The zero-order valence-corrected chi connectivity index (χ0v) is 22.3. The molecule has 12 heteroatoms. The summed E-state index contributed by atoms with van der Waals surface area (Å²) < 4.78 is 34.4. The van der Waals surface area contributed by atoms with Gasteiger partial charge in [0.05, 0.1) is 29.5 Å². The Bertz CT molecular complexity index is 1550. The van der Waals surface area contributed by atoms with Gasteiger partial charge in [0, 0.05) is 55.9 Å². The van der Waals surface area contributed by atoms with E-state index in [1.807, 2.05) is 0 Å². The first-order chi connectivity index (χ1) is 18.4. The lowest BCUT2D eigenvalue weighted by atomic mass is 9.74. The number of nitrogens with two attached hydrogens (primary N) is 1. The number of ether oxygens (including phenoxy) is 1. The molecule has 1 saturated heterocycles. The van der Waals surface area contributed by atoms with Crippen LogP contribution in [-0.4, -0.2) is 56.2 Å². The predicted molar refractivity (Wildman–Crippen MR) is 141 cm³/mol. The van der Waals surface area contributed by atoms with E-state index in [4.69, 9.17) is 22.1 Å². The Morgan fingerprint density at radius 1 is 1.21 bits per heavy atom. The van der Waals surface area contributed by atoms with Gasteiger partial charge in [0.2, 0.25) is 5.88 Å². The van der Waals surface area contributed by atoms with Crippen LogP contribution in [0.2, 0.25) is 5.02 Å². The van der Waals surface area contributed by atoms with Gasteiger partial charge < -0.3 is 20.5 Å². The van der Waals surface area contributed by atoms with Crippen LogP contribution in [0.5, 0.6) is 5.88 Å². The highest BCUT2D eigenvalue weighted by molar-refractivity contribution is 6.36. The molecule has 9 nitrogen and oxygen atoms in total. The molecule has 0 aliphatic carbocycles. The molecule has 3 N–H and O–H groups in total. The van der Waals surface area contributed by atoms with Crippen molar-refractivity contribution < 1.29 is 23.4 Å². The number of hydrogen-bond donors (Lipinski definition) is 2. The Morgan fingerprint density at radius 2 is 1.87 bits per heavy atom. The van der Waals surface area contributed by atoms with E-state index in [1.54, 1.807) is 37.4 Å². The molecule has 1 atom stereocenters. The first-order valence-corrected chi connectivity index (χ1v) is 12.6. The van der Waals surface area contributed by atoms with Crippen molar-refractivity contribution in [2.24, 2.45) is 18.7 Å². The molecule has 2 aromatic heterocycles. The van der Waals surface area contributed by atoms with Crippen molar-refractivity contribution in [3.8, 4) is 5.88 Å². The second kappa shape index (κ2) is 9.73. The Balaban J connectivity index is 1.59. The third-order valence-corrected chi connectivity index (χ3v) is 7.77. The van der Waals surface area contributed by atoms with Gasteiger partial charge in [0.25, 0.3) is 5.92 Å². The van der Waals surface area contributed by atoms with E-state index < -0.39 is 17.6 Å². The number of aryl methyl sites for hydroxylation is 1. The number of rotatable bonds is 7. The quantitative estimate of drug-likeness (QED) is 0.355. The van der Waals surface area contributed by atoms with Crippen LogP contribution in [0, 0.1) is 5.92 Å². The third kappa shape index (κ3) is 4.65. The van der Waals surface area contributed by atoms with Crippen molar-refractivity contribution in [1.29, 1.82) is 0 Å². The first kappa shape index (κ1) is 26.8. The van der Waals surface area contributed by atoms with E-state index in [9.17, 15) is 18.7 Å². The standard InChI is InChI=1S/C27H27ClF2N6O3/c1-26(29,30)16-6-4-15(5-7-16)10-20-23(28)19-11-17(8-9-21(19)33-24(20)39-3)27(38,22-12-32-34-35(22)2)18-13-36(14-18)25(31)37/h4-9,11-12,18,38H,10,13-14H2,1-3H3,(H2,31,37). The SMILES string of the molecule is COc1nc2ccc(C(O)(c3cnnn3C)C3CN(C(N)=O)C3)cc2c(Cl)c1Cc1ccc(C(C)(F)F)cc1. The molecule has 1 aliphatic heterocycles. The number of likely N-dealkylation sites (tertiary alicyclic amines) is 1. The molecule has 204 valence electrons. The maximum Gasteiger partial charge on any atom is 0.314 e. The number of aromatic nitrogens is 4. The van der Waals surface area contributed by atoms with Crippen molar-refractivity contribution in [2.75, 3.05) is 20.2 Å². The minimum Gasteiger partial charge on any atom is -0.481 e. The number of aliphatic hydroxyl groups is 1. The summed E-state index contributed by atoms with van der Waals surface area (Å²) in [7, 11) is 3.16. The molecule has 2 aromatic carbocycles.